The molecular weight excluding hydrogens is 502 g/mol. The van der Waals surface area contributed by atoms with Gasteiger partial charge in [-0.3, -0.25) is 18.9 Å². The monoisotopic (exact) mass is 525 g/mol. The van der Waals surface area contributed by atoms with E-state index in [4.69, 9.17) is 28.8 Å². The second-order valence-electron chi connectivity index (χ2n) is 8.68. The summed E-state index contributed by atoms with van der Waals surface area (Å²) in [7, 11) is 0. The van der Waals surface area contributed by atoms with Crippen LogP contribution in [0.2, 0.25) is 5.02 Å². The van der Waals surface area contributed by atoms with Crippen LogP contribution in [-0.4, -0.2) is 56.7 Å². The van der Waals surface area contributed by atoms with E-state index in [1.165, 1.54) is 16.2 Å². The van der Waals surface area contributed by atoms with E-state index in [1.807, 2.05) is 50.2 Å². The Morgan fingerprint density at radius 3 is 2.49 bits per heavy atom. The third kappa shape index (κ3) is 4.55. The molecule has 0 N–H and O–H groups in total. The molecule has 0 spiro atoms. The highest BCUT2D eigenvalue weighted by molar-refractivity contribution is 8.26. The summed E-state index contributed by atoms with van der Waals surface area (Å²) in [6, 6.07) is 13.2. The summed E-state index contributed by atoms with van der Waals surface area (Å²) in [5, 5.41) is 0.704. The number of pyridine rings is 1. The Bertz CT molecular complexity index is 1410. The Morgan fingerprint density at radius 2 is 1.80 bits per heavy atom. The first kappa shape index (κ1) is 23.8. The lowest BCUT2D eigenvalue weighted by atomic mass is 10.2. The Labute approximate surface area is 218 Å². The fraction of sp³-hybridized carbons (Fsp3) is 0.280. The maximum Gasteiger partial charge on any atom is 0.267 e. The van der Waals surface area contributed by atoms with E-state index in [1.54, 1.807) is 23.2 Å². The van der Waals surface area contributed by atoms with E-state index in [0.717, 1.165) is 18.8 Å². The zero-order chi connectivity index (χ0) is 24.7. The molecule has 1 amide bonds. The first-order valence-electron chi connectivity index (χ1n) is 11.4. The maximum absolute atomic E-state index is 13.6. The average Bonchev–Trinajstić information content (AvgIpc) is 3.13. The predicted octanol–water partition coefficient (Wildman–Crippen LogP) is 4.28. The highest BCUT2D eigenvalue weighted by atomic mass is 35.5. The molecule has 2 saturated heterocycles. The number of carbonyl (C=O) groups excluding carboxylic acids is 1. The summed E-state index contributed by atoms with van der Waals surface area (Å²) >= 11 is 12.8. The van der Waals surface area contributed by atoms with Crippen LogP contribution in [0.4, 0.5) is 11.5 Å². The number of benzene rings is 1. The van der Waals surface area contributed by atoms with Gasteiger partial charge >= 0.3 is 0 Å². The lowest BCUT2D eigenvalue weighted by Crippen LogP contribution is -2.47. The number of rotatable bonds is 4. The summed E-state index contributed by atoms with van der Waals surface area (Å²) in [5.41, 5.74) is 1.82. The van der Waals surface area contributed by atoms with Crippen LogP contribution < -0.4 is 15.4 Å². The third-order valence-corrected chi connectivity index (χ3v) is 7.68. The number of halogens is 1. The van der Waals surface area contributed by atoms with Gasteiger partial charge < -0.3 is 9.80 Å². The number of nitrogens with zero attached hydrogens (tertiary/aromatic N) is 5. The molecule has 10 heteroatoms. The van der Waals surface area contributed by atoms with Crippen molar-refractivity contribution in [3.63, 3.8) is 0 Å². The molecule has 35 heavy (non-hydrogen) atoms. The molecule has 0 atom stereocenters. The van der Waals surface area contributed by atoms with Gasteiger partial charge in [-0.2, -0.15) is 0 Å². The van der Waals surface area contributed by atoms with E-state index in [9.17, 15) is 9.59 Å². The van der Waals surface area contributed by atoms with Crippen LogP contribution in [0.25, 0.3) is 11.7 Å². The molecule has 5 rings (SSSR count). The molecule has 4 heterocycles. The molecule has 0 radical (unpaired) electrons. The van der Waals surface area contributed by atoms with Crippen molar-refractivity contribution in [2.75, 3.05) is 36.0 Å². The molecule has 0 bridgehead atoms. The smallest absolute Gasteiger partial charge is 0.267 e. The minimum absolute atomic E-state index is 0.0525. The second kappa shape index (κ2) is 9.64. The third-order valence-electron chi connectivity index (χ3n) is 6.12. The van der Waals surface area contributed by atoms with Gasteiger partial charge in [0.1, 0.15) is 15.8 Å². The number of fused-ring (bicyclic) bond motifs is 1. The van der Waals surface area contributed by atoms with Gasteiger partial charge in [0.25, 0.3) is 11.5 Å². The van der Waals surface area contributed by atoms with Gasteiger partial charge in [0.05, 0.1) is 10.5 Å². The number of hydrogen-bond donors (Lipinski definition) is 0. The van der Waals surface area contributed by atoms with Crippen LogP contribution in [0.3, 0.4) is 0 Å². The Balaban J connectivity index is 1.52. The molecule has 0 aliphatic carbocycles. The number of thioether (sulfide) groups is 1. The van der Waals surface area contributed by atoms with Crippen LogP contribution in [0.5, 0.6) is 0 Å². The SMILES string of the molecule is CC(C)N1C(=O)C(=Cc2c(N3CCN(c4cccc(Cl)c4)CC3)nc3ccccn3c2=O)SC1=S. The van der Waals surface area contributed by atoms with Gasteiger partial charge in [-0.05, 0) is 50.3 Å². The Morgan fingerprint density at radius 1 is 1.06 bits per heavy atom. The molecule has 2 fully saturated rings. The fourth-order valence-electron chi connectivity index (χ4n) is 4.36. The lowest BCUT2D eigenvalue weighted by Gasteiger charge is -2.37. The molecule has 0 unspecified atom stereocenters. The van der Waals surface area contributed by atoms with Crippen molar-refractivity contribution in [3.8, 4) is 0 Å². The van der Waals surface area contributed by atoms with Crippen molar-refractivity contribution in [1.82, 2.24) is 14.3 Å². The van der Waals surface area contributed by atoms with Crippen molar-refractivity contribution >= 4 is 69.0 Å². The Hall–Kier alpha value is -2.88. The maximum atomic E-state index is 13.6. The van der Waals surface area contributed by atoms with Gasteiger partial charge in [0, 0.05) is 49.1 Å². The summed E-state index contributed by atoms with van der Waals surface area (Å²) < 4.78 is 2.02. The van der Waals surface area contributed by atoms with E-state index in [2.05, 4.69) is 9.80 Å². The molecule has 0 saturated carbocycles. The van der Waals surface area contributed by atoms with Crippen molar-refractivity contribution in [2.24, 2.45) is 0 Å². The van der Waals surface area contributed by atoms with Crippen LogP contribution in [-0.2, 0) is 4.79 Å². The van der Waals surface area contributed by atoms with Crippen LogP contribution in [0.1, 0.15) is 19.4 Å². The number of aromatic nitrogens is 2. The topological polar surface area (TPSA) is 61.2 Å². The molecule has 2 aromatic heterocycles. The Kier molecular flexibility index (Phi) is 6.57. The van der Waals surface area contributed by atoms with Gasteiger partial charge in [0.2, 0.25) is 0 Å². The number of amides is 1. The van der Waals surface area contributed by atoms with Crippen molar-refractivity contribution in [1.29, 1.82) is 0 Å². The van der Waals surface area contributed by atoms with Gasteiger partial charge in [-0.15, -0.1) is 0 Å². The molecule has 7 nitrogen and oxygen atoms in total. The number of anilines is 2. The van der Waals surface area contributed by atoms with Crippen LogP contribution in [0.15, 0.2) is 58.4 Å². The minimum atomic E-state index is -0.210. The summed E-state index contributed by atoms with van der Waals surface area (Å²) in [6.07, 6.45) is 3.36. The zero-order valence-electron chi connectivity index (χ0n) is 19.3. The van der Waals surface area contributed by atoms with E-state index < -0.39 is 0 Å². The van der Waals surface area contributed by atoms with Crippen LogP contribution in [0, 0.1) is 0 Å². The number of carbonyl (C=O) groups is 1. The summed E-state index contributed by atoms with van der Waals surface area (Å²) in [4.78, 5) is 37.9. The van der Waals surface area contributed by atoms with E-state index in [0.29, 0.717) is 44.4 Å². The van der Waals surface area contributed by atoms with E-state index in [-0.39, 0.29) is 17.5 Å². The molecule has 2 aliphatic rings. The number of thiocarbonyl (C=S) groups is 1. The molecule has 1 aromatic carbocycles. The molecule has 180 valence electrons. The highest BCUT2D eigenvalue weighted by Crippen LogP contribution is 2.35. The zero-order valence-corrected chi connectivity index (χ0v) is 21.7. The largest absolute Gasteiger partial charge is 0.368 e. The second-order valence-corrected chi connectivity index (χ2v) is 10.8. The summed E-state index contributed by atoms with van der Waals surface area (Å²) in [5.74, 6) is 0.408. The standard InChI is InChI=1S/C25H24ClN5O2S2/c1-16(2)31-24(33)20(35-25(31)34)15-19-22(27-21-8-3-4-9-30(21)23(19)32)29-12-10-28(11-13-29)18-7-5-6-17(26)14-18/h3-9,14-16H,10-13H2,1-2H3. The van der Waals surface area contributed by atoms with Crippen LogP contribution >= 0.6 is 35.6 Å². The van der Waals surface area contributed by atoms with Gasteiger partial charge in [-0.1, -0.05) is 47.7 Å². The van der Waals surface area contributed by atoms with Crippen molar-refractivity contribution < 1.29 is 4.79 Å². The number of piperazine rings is 1. The molecule has 2 aliphatic heterocycles. The first-order chi connectivity index (χ1) is 16.8. The fourth-order valence-corrected chi connectivity index (χ4v) is 6.05. The predicted molar refractivity (Wildman–Crippen MR) is 147 cm³/mol. The average molecular weight is 526 g/mol. The normalized spacial score (nSPS) is 17.9. The highest BCUT2D eigenvalue weighted by Gasteiger charge is 2.34. The summed E-state index contributed by atoms with van der Waals surface area (Å²) in [6.45, 7) is 6.71. The van der Waals surface area contributed by atoms with Crippen molar-refractivity contribution in [3.05, 3.63) is 74.5 Å². The minimum Gasteiger partial charge on any atom is -0.368 e. The first-order valence-corrected chi connectivity index (χ1v) is 13.0. The van der Waals surface area contributed by atoms with E-state index >= 15 is 0 Å². The van der Waals surface area contributed by atoms with Gasteiger partial charge in [-0.25, -0.2) is 4.98 Å². The molecular formula is C25H24ClN5O2S2. The number of hydrogen-bond acceptors (Lipinski definition) is 7. The quantitative estimate of drug-likeness (QED) is 0.372. The van der Waals surface area contributed by atoms with Gasteiger partial charge in [0.15, 0.2) is 0 Å². The molecule has 3 aromatic rings. The lowest BCUT2D eigenvalue weighted by molar-refractivity contribution is -0.123. The van der Waals surface area contributed by atoms with Crippen molar-refractivity contribution in [2.45, 2.75) is 19.9 Å².